The summed E-state index contributed by atoms with van der Waals surface area (Å²) in [5, 5.41) is 9.49. The Hall–Kier alpha value is -2.49. The van der Waals surface area contributed by atoms with Crippen LogP contribution in [0.2, 0.25) is 0 Å². The number of ether oxygens (including phenoxy) is 1. The molecule has 1 atom stereocenters. The van der Waals surface area contributed by atoms with Crippen molar-refractivity contribution in [3.8, 4) is 5.75 Å². The van der Waals surface area contributed by atoms with Crippen molar-refractivity contribution in [2.45, 2.75) is 32.7 Å². The van der Waals surface area contributed by atoms with E-state index in [0.29, 0.717) is 18.9 Å². The summed E-state index contributed by atoms with van der Waals surface area (Å²) in [5.41, 5.74) is 3.25. The molecule has 0 bridgehead atoms. The second kappa shape index (κ2) is 13.1. The molecule has 0 aliphatic carbocycles. The number of carbonyl (C=O) groups is 1. The third kappa shape index (κ3) is 7.89. The number of carbonyl (C=O) groups excluding carboxylic acids is 1. The second-order valence-electron chi connectivity index (χ2n) is 7.71. The average molecular weight is 551 g/mol. The van der Waals surface area contributed by atoms with Crippen LogP contribution < -0.4 is 25.6 Å². The maximum absolute atomic E-state index is 11.2. The van der Waals surface area contributed by atoms with E-state index in [4.69, 9.17) is 4.74 Å². The first-order chi connectivity index (χ1) is 15.0. The van der Waals surface area contributed by atoms with Crippen LogP contribution in [-0.4, -0.2) is 45.2 Å². The zero-order chi connectivity index (χ0) is 22.1. The van der Waals surface area contributed by atoms with Gasteiger partial charge in [-0.3, -0.25) is 9.79 Å². The highest BCUT2D eigenvalue weighted by atomic mass is 127. The lowest BCUT2D eigenvalue weighted by Crippen LogP contribution is -2.40. The number of aliphatic imine (C=N–C) groups is 1. The zero-order valence-electron chi connectivity index (χ0n) is 19.1. The first-order valence-corrected chi connectivity index (χ1v) is 10.9. The minimum Gasteiger partial charge on any atom is -0.492 e. The van der Waals surface area contributed by atoms with Crippen LogP contribution in [-0.2, 0) is 4.79 Å². The molecule has 1 aliphatic rings. The van der Waals surface area contributed by atoms with E-state index in [-0.39, 0.29) is 35.9 Å². The second-order valence-corrected chi connectivity index (χ2v) is 7.71. The molecule has 0 aromatic heterocycles. The quantitative estimate of drug-likeness (QED) is 0.199. The number of guanidine groups is 1. The van der Waals surface area contributed by atoms with Gasteiger partial charge in [0.2, 0.25) is 5.91 Å². The predicted molar refractivity (Wildman–Crippen MR) is 142 cm³/mol. The van der Waals surface area contributed by atoms with Crippen LogP contribution in [0.1, 0.15) is 38.3 Å². The Labute approximate surface area is 208 Å². The van der Waals surface area contributed by atoms with Gasteiger partial charge in [0.05, 0.1) is 12.6 Å². The highest BCUT2D eigenvalue weighted by Crippen LogP contribution is 2.24. The van der Waals surface area contributed by atoms with E-state index in [1.54, 1.807) is 7.05 Å². The summed E-state index contributed by atoms with van der Waals surface area (Å²) in [5.74, 6) is 1.34. The Morgan fingerprint density at radius 1 is 1.16 bits per heavy atom. The summed E-state index contributed by atoms with van der Waals surface area (Å²) in [7, 11) is 1.76. The number of hydrogen-bond acceptors (Lipinski definition) is 4. The minimum atomic E-state index is -0.103. The molecule has 8 heteroatoms. The van der Waals surface area contributed by atoms with Crippen molar-refractivity contribution in [1.29, 1.82) is 0 Å². The number of amides is 1. The van der Waals surface area contributed by atoms with Crippen LogP contribution in [0.5, 0.6) is 5.75 Å². The predicted octanol–water partition coefficient (Wildman–Crippen LogP) is 4.17. The van der Waals surface area contributed by atoms with E-state index >= 15 is 0 Å². The molecule has 0 spiro atoms. The molecule has 3 N–H and O–H groups in total. The van der Waals surface area contributed by atoms with E-state index < -0.39 is 0 Å². The normalized spacial score (nSPS) is 14.3. The summed E-state index contributed by atoms with van der Waals surface area (Å²) in [6.07, 6.45) is 2.54. The highest BCUT2D eigenvalue weighted by Gasteiger charge is 2.14. The van der Waals surface area contributed by atoms with E-state index in [9.17, 15) is 4.79 Å². The Morgan fingerprint density at radius 2 is 1.91 bits per heavy atom. The van der Waals surface area contributed by atoms with Gasteiger partial charge < -0.3 is 25.6 Å². The van der Waals surface area contributed by atoms with Gasteiger partial charge in [-0.05, 0) is 49.6 Å². The van der Waals surface area contributed by atoms with Gasteiger partial charge in [-0.1, -0.05) is 18.2 Å². The van der Waals surface area contributed by atoms with Crippen molar-refractivity contribution in [3.05, 3.63) is 54.1 Å². The fourth-order valence-electron chi connectivity index (χ4n) is 3.65. The molecule has 3 rings (SSSR count). The summed E-state index contributed by atoms with van der Waals surface area (Å²) in [4.78, 5) is 18.0. The van der Waals surface area contributed by atoms with E-state index in [0.717, 1.165) is 24.7 Å². The molecule has 1 aliphatic heterocycles. The molecule has 0 radical (unpaired) electrons. The van der Waals surface area contributed by atoms with Gasteiger partial charge >= 0.3 is 0 Å². The smallest absolute Gasteiger partial charge is 0.221 e. The summed E-state index contributed by atoms with van der Waals surface area (Å²) >= 11 is 0. The maximum Gasteiger partial charge on any atom is 0.221 e. The number of rotatable bonds is 8. The number of halogens is 1. The van der Waals surface area contributed by atoms with Crippen molar-refractivity contribution in [1.82, 2.24) is 10.6 Å². The lowest BCUT2D eigenvalue weighted by molar-refractivity contribution is -0.114. The van der Waals surface area contributed by atoms with Crippen molar-refractivity contribution in [2.24, 2.45) is 4.99 Å². The summed E-state index contributed by atoms with van der Waals surface area (Å²) in [6.45, 7) is 6.98. The SMILES string of the molecule is CN=C(NCCOc1cccc(NC(C)=O)c1)NC(C)c1cccc(N2CCCC2)c1.I. The topological polar surface area (TPSA) is 78.0 Å². The van der Waals surface area contributed by atoms with Crippen molar-refractivity contribution in [2.75, 3.05) is 43.5 Å². The van der Waals surface area contributed by atoms with Crippen molar-refractivity contribution < 1.29 is 9.53 Å². The number of benzene rings is 2. The third-order valence-corrected chi connectivity index (χ3v) is 5.24. The molecule has 1 amide bonds. The number of nitrogens with one attached hydrogen (secondary N) is 3. The van der Waals surface area contributed by atoms with Crippen LogP contribution >= 0.6 is 24.0 Å². The standard InChI is InChI=1S/C24H33N5O2.HI/c1-18(20-8-6-10-22(16-20)29-13-4-5-14-29)27-24(25-3)26-12-15-31-23-11-7-9-21(17-23)28-19(2)30;/h6-11,16-18H,4-5,12-15H2,1-3H3,(H,28,30)(H2,25,26,27);1H. The lowest BCUT2D eigenvalue weighted by atomic mass is 10.1. The number of nitrogens with zero attached hydrogens (tertiary/aromatic N) is 2. The molecule has 1 saturated heterocycles. The van der Waals surface area contributed by atoms with Gasteiger partial charge in [-0.2, -0.15) is 0 Å². The molecule has 0 saturated carbocycles. The van der Waals surface area contributed by atoms with Crippen molar-refractivity contribution in [3.63, 3.8) is 0 Å². The molecule has 2 aromatic rings. The fourth-order valence-corrected chi connectivity index (χ4v) is 3.65. The molecule has 174 valence electrons. The Morgan fingerprint density at radius 3 is 2.62 bits per heavy atom. The van der Waals surface area contributed by atoms with Gasteiger partial charge in [0.25, 0.3) is 0 Å². The summed E-state index contributed by atoms with van der Waals surface area (Å²) in [6, 6.07) is 16.2. The monoisotopic (exact) mass is 551 g/mol. The van der Waals surface area contributed by atoms with Crippen LogP contribution in [0.3, 0.4) is 0 Å². The molecule has 1 fully saturated rings. The third-order valence-electron chi connectivity index (χ3n) is 5.24. The zero-order valence-corrected chi connectivity index (χ0v) is 21.4. The summed E-state index contributed by atoms with van der Waals surface area (Å²) < 4.78 is 5.78. The van der Waals surface area contributed by atoms with Gasteiger partial charge in [0, 0.05) is 44.5 Å². The molecular formula is C24H34IN5O2. The fraction of sp³-hybridized carbons (Fsp3) is 0.417. The first kappa shape index (κ1) is 25.8. The lowest BCUT2D eigenvalue weighted by Gasteiger charge is -2.22. The first-order valence-electron chi connectivity index (χ1n) is 10.9. The van der Waals surface area contributed by atoms with E-state index in [2.05, 4.69) is 57.0 Å². The Bertz CT molecular complexity index is 899. The maximum atomic E-state index is 11.2. The highest BCUT2D eigenvalue weighted by molar-refractivity contribution is 14.0. The average Bonchev–Trinajstić information content (AvgIpc) is 3.30. The minimum absolute atomic E-state index is 0. The van der Waals surface area contributed by atoms with Gasteiger partial charge in [0.15, 0.2) is 5.96 Å². The molecule has 2 aromatic carbocycles. The molecule has 1 heterocycles. The van der Waals surface area contributed by atoms with Crippen LogP contribution in [0.25, 0.3) is 0 Å². The molecule has 32 heavy (non-hydrogen) atoms. The Balaban J connectivity index is 0.00000363. The largest absolute Gasteiger partial charge is 0.492 e. The number of anilines is 2. The van der Waals surface area contributed by atoms with Gasteiger partial charge in [0.1, 0.15) is 12.4 Å². The van der Waals surface area contributed by atoms with E-state index in [1.165, 1.54) is 31.0 Å². The van der Waals surface area contributed by atoms with E-state index in [1.807, 2.05) is 24.3 Å². The van der Waals surface area contributed by atoms with Gasteiger partial charge in [-0.25, -0.2) is 0 Å². The van der Waals surface area contributed by atoms with Gasteiger partial charge in [-0.15, -0.1) is 24.0 Å². The van der Waals surface area contributed by atoms with Crippen LogP contribution in [0, 0.1) is 0 Å². The number of hydrogen-bond donors (Lipinski definition) is 3. The van der Waals surface area contributed by atoms with Crippen molar-refractivity contribution >= 4 is 47.2 Å². The van der Waals surface area contributed by atoms with Crippen LogP contribution in [0.4, 0.5) is 11.4 Å². The molecule has 7 nitrogen and oxygen atoms in total. The molecule has 1 unspecified atom stereocenters. The molecular weight excluding hydrogens is 517 g/mol. The Kier molecular flexibility index (Phi) is 10.6. The van der Waals surface area contributed by atoms with Crippen LogP contribution in [0.15, 0.2) is 53.5 Å².